The summed E-state index contributed by atoms with van der Waals surface area (Å²) in [5.74, 6) is 0. The SMILES string of the molecule is ClC(Cc1ccc2ccccc2c1)c1cc(I)ccc1Br. The molecule has 0 amide bonds. The van der Waals surface area contributed by atoms with Crippen molar-refractivity contribution in [3.05, 3.63) is 79.8 Å². The van der Waals surface area contributed by atoms with Crippen LogP contribution in [0.2, 0.25) is 0 Å². The van der Waals surface area contributed by atoms with Gasteiger partial charge in [-0.15, -0.1) is 11.6 Å². The second kappa shape index (κ2) is 6.67. The van der Waals surface area contributed by atoms with Gasteiger partial charge in [0.25, 0.3) is 0 Å². The van der Waals surface area contributed by atoms with E-state index < -0.39 is 0 Å². The molecule has 106 valence electrons. The van der Waals surface area contributed by atoms with Gasteiger partial charge in [0, 0.05) is 8.04 Å². The molecule has 0 aliphatic rings. The molecule has 21 heavy (non-hydrogen) atoms. The molecule has 0 saturated carbocycles. The highest BCUT2D eigenvalue weighted by Crippen LogP contribution is 2.32. The van der Waals surface area contributed by atoms with Gasteiger partial charge in [0.2, 0.25) is 0 Å². The van der Waals surface area contributed by atoms with Crippen molar-refractivity contribution in [2.24, 2.45) is 0 Å². The van der Waals surface area contributed by atoms with Gasteiger partial charge in [0.1, 0.15) is 0 Å². The predicted molar refractivity (Wildman–Crippen MR) is 103 cm³/mol. The fourth-order valence-electron chi connectivity index (χ4n) is 2.44. The van der Waals surface area contributed by atoms with Crippen molar-refractivity contribution in [1.82, 2.24) is 0 Å². The van der Waals surface area contributed by atoms with Crippen molar-refractivity contribution in [2.75, 3.05) is 0 Å². The summed E-state index contributed by atoms with van der Waals surface area (Å²) in [5, 5.41) is 2.50. The number of halogens is 3. The van der Waals surface area contributed by atoms with Crippen LogP contribution in [-0.4, -0.2) is 0 Å². The summed E-state index contributed by atoms with van der Waals surface area (Å²) in [4.78, 5) is 0. The smallest absolute Gasteiger partial charge is 0.0636 e. The Morgan fingerprint density at radius 3 is 2.52 bits per heavy atom. The minimum absolute atomic E-state index is 0.0322. The van der Waals surface area contributed by atoms with Gasteiger partial charge in [-0.2, -0.15) is 0 Å². The molecule has 0 bridgehead atoms. The average molecular weight is 472 g/mol. The Labute approximate surface area is 151 Å². The van der Waals surface area contributed by atoms with Crippen LogP contribution in [-0.2, 0) is 6.42 Å². The minimum Gasteiger partial charge on any atom is -0.117 e. The van der Waals surface area contributed by atoms with E-state index in [1.54, 1.807) is 0 Å². The lowest BCUT2D eigenvalue weighted by molar-refractivity contribution is 0.915. The van der Waals surface area contributed by atoms with E-state index in [0.29, 0.717) is 0 Å². The zero-order valence-electron chi connectivity index (χ0n) is 11.2. The Hall–Kier alpha value is -0.580. The Morgan fingerprint density at radius 1 is 0.952 bits per heavy atom. The van der Waals surface area contributed by atoms with Crippen LogP contribution in [0.25, 0.3) is 10.8 Å². The quantitative estimate of drug-likeness (QED) is 0.294. The van der Waals surface area contributed by atoms with E-state index >= 15 is 0 Å². The molecule has 0 nitrogen and oxygen atoms in total. The molecule has 0 aliphatic carbocycles. The first-order chi connectivity index (χ1) is 10.1. The second-order valence-corrected chi connectivity index (χ2v) is 7.65. The van der Waals surface area contributed by atoms with Crippen LogP contribution in [0, 0.1) is 3.57 Å². The van der Waals surface area contributed by atoms with Crippen molar-refractivity contribution in [2.45, 2.75) is 11.8 Å². The molecule has 0 heterocycles. The highest BCUT2D eigenvalue weighted by molar-refractivity contribution is 14.1. The Bertz CT molecular complexity index is 785. The van der Waals surface area contributed by atoms with Crippen LogP contribution in [0.1, 0.15) is 16.5 Å². The molecule has 3 aromatic carbocycles. The van der Waals surface area contributed by atoms with Gasteiger partial charge in [-0.05, 0) is 69.1 Å². The normalized spacial score (nSPS) is 12.5. The minimum atomic E-state index is -0.0322. The van der Waals surface area contributed by atoms with E-state index in [4.69, 9.17) is 11.6 Å². The van der Waals surface area contributed by atoms with Crippen molar-refractivity contribution in [3.8, 4) is 0 Å². The van der Waals surface area contributed by atoms with Crippen molar-refractivity contribution >= 4 is 60.9 Å². The standard InChI is InChI=1S/C18H13BrClI/c19-17-8-7-15(21)11-16(17)18(20)10-12-5-6-13-3-1-2-4-14(13)9-12/h1-9,11,18H,10H2. The van der Waals surface area contributed by atoms with Crippen molar-refractivity contribution in [1.29, 1.82) is 0 Å². The number of rotatable bonds is 3. The number of fused-ring (bicyclic) bond motifs is 1. The molecule has 0 fully saturated rings. The van der Waals surface area contributed by atoms with Crippen molar-refractivity contribution < 1.29 is 0 Å². The number of alkyl halides is 1. The van der Waals surface area contributed by atoms with Gasteiger partial charge < -0.3 is 0 Å². The molecule has 1 atom stereocenters. The molecule has 3 heteroatoms. The average Bonchev–Trinajstić information content (AvgIpc) is 2.49. The zero-order valence-corrected chi connectivity index (χ0v) is 15.7. The fourth-order valence-corrected chi connectivity index (χ4v) is 3.97. The first-order valence-electron chi connectivity index (χ1n) is 6.70. The van der Waals surface area contributed by atoms with E-state index in [-0.39, 0.29) is 5.38 Å². The lowest BCUT2D eigenvalue weighted by Crippen LogP contribution is -1.98. The van der Waals surface area contributed by atoms with Crippen LogP contribution < -0.4 is 0 Å². The first kappa shape index (κ1) is 15.3. The van der Waals surface area contributed by atoms with Crippen LogP contribution in [0.4, 0.5) is 0 Å². The van der Waals surface area contributed by atoms with E-state index in [1.165, 1.54) is 19.9 Å². The molecule has 0 spiro atoms. The number of benzene rings is 3. The van der Waals surface area contributed by atoms with Gasteiger partial charge in [0.15, 0.2) is 0 Å². The second-order valence-electron chi connectivity index (χ2n) is 5.02. The summed E-state index contributed by atoms with van der Waals surface area (Å²) in [6.07, 6.45) is 0.824. The largest absolute Gasteiger partial charge is 0.117 e. The summed E-state index contributed by atoms with van der Waals surface area (Å²) in [5.41, 5.74) is 2.41. The third kappa shape index (κ3) is 3.61. The van der Waals surface area contributed by atoms with Gasteiger partial charge in [-0.1, -0.05) is 58.4 Å². The Balaban J connectivity index is 1.88. The van der Waals surface area contributed by atoms with E-state index in [1.807, 2.05) is 0 Å². The van der Waals surface area contributed by atoms with E-state index in [2.05, 4.69) is 99.2 Å². The van der Waals surface area contributed by atoms with Crippen LogP contribution in [0.3, 0.4) is 0 Å². The van der Waals surface area contributed by atoms with Gasteiger partial charge in [-0.3, -0.25) is 0 Å². The monoisotopic (exact) mass is 470 g/mol. The molecule has 0 aliphatic heterocycles. The van der Waals surface area contributed by atoms with Crippen LogP contribution in [0.15, 0.2) is 65.1 Å². The van der Waals surface area contributed by atoms with E-state index in [0.717, 1.165) is 16.5 Å². The molecule has 1 unspecified atom stereocenters. The summed E-state index contributed by atoms with van der Waals surface area (Å²) < 4.78 is 2.28. The summed E-state index contributed by atoms with van der Waals surface area (Å²) in [7, 11) is 0. The maximum absolute atomic E-state index is 6.64. The lowest BCUT2D eigenvalue weighted by Gasteiger charge is -2.13. The lowest BCUT2D eigenvalue weighted by atomic mass is 10.0. The third-order valence-corrected chi connectivity index (χ3v) is 5.31. The molecule has 0 radical (unpaired) electrons. The number of hydrogen-bond donors (Lipinski definition) is 0. The molecule has 3 rings (SSSR count). The number of hydrogen-bond acceptors (Lipinski definition) is 0. The fraction of sp³-hybridized carbons (Fsp3) is 0.111. The first-order valence-corrected chi connectivity index (χ1v) is 9.01. The molecular weight excluding hydrogens is 458 g/mol. The van der Waals surface area contributed by atoms with E-state index in [9.17, 15) is 0 Å². The van der Waals surface area contributed by atoms with Gasteiger partial charge in [-0.25, -0.2) is 0 Å². The zero-order chi connectivity index (χ0) is 14.8. The maximum Gasteiger partial charge on any atom is 0.0636 e. The molecule has 0 aromatic heterocycles. The molecule has 0 N–H and O–H groups in total. The molecule has 3 aromatic rings. The third-order valence-electron chi connectivity index (χ3n) is 3.52. The summed E-state index contributed by atoms with van der Waals surface area (Å²) >= 11 is 12.6. The molecule has 0 saturated heterocycles. The predicted octanol–water partition coefficient (Wildman–Crippen LogP) is 6.73. The summed E-state index contributed by atoms with van der Waals surface area (Å²) in [6, 6.07) is 21.3. The Morgan fingerprint density at radius 2 is 1.71 bits per heavy atom. The topological polar surface area (TPSA) is 0 Å². The van der Waals surface area contributed by atoms with Crippen molar-refractivity contribution in [3.63, 3.8) is 0 Å². The highest BCUT2D eigenvalue weighted by Gasteiger charge is 2.13. The highest BCUT2D eigenvalue weighted by atomic mass is 127. The maximum atomic E-state index is 6.64. The molecular formula is C18H13BrClI. The Kier molecular flexibility index (Phi) is 4.87. The van der Waals surface area contributed by atoms with Crippen LogP contribution >= 0.6 is 50.1 Å². The van der Waals surface area contributed by atoms with Gasteiger partial charge in [0.05, 0.1) is 5.38 Å². The summed E-state index contributed by atoms with van der Waals surface area (Å²) in [6.45, 7) is 0. The van der Waals surface area contributed by atoms with Gasteiger partial charge >= 0.3 is 0 Å². The van der Waals surface area contributed by atoms with Crippen LogP contribution in [0.5, 0.6) is 0 Å².